The Labute approximate surface area is 130 Å². The van der Waals surface area contributed by atoms with Gasteiger partial charge in [-0.15, -0.1) is 0 Å². The van der Waals surface area contributed by atoms with Crippen molar-refractivity contribution < 1.29 is 8.94 Å². The number of aliphatic imine (C=N–C) groups is 1. The number of nitrogens with one attached hydrogen (secondary N) is 2. The van der Waals surface area contributed by atoms with Crippen LogP contribution >= 0.6 is 0 Å². The van der Waals surface area contributed by atoms with Gasteiger partial charge in [0.15, 0.2) is 11.8 Å². The first-order chi connectivity index (χ1) is 10.7. The fourth-order valence-corrected chi connectivity index (χ4v) is 1.79. The van der Waals surface area contributed by atoms with E-state index in [0.29, 0.717) is 25.4 Å². The van der Waals surface area contributed by atoms with Gasteiger partial charge in [-0.2, -0.15) is 4.98 Å². The van der Waals surface area contributed by atoms with Crippen molar-refractivity contribution >= 4 is 5.96 Å². The molecular weight excluding hydrogens is 282 g/mol. The molecule has 0 aliphatic carbocycles. The molecule has 0 aliphatic rings. The number of rotatable bonds is 7. The molecule has 2 heterocycles. The fraction of sp³-hybridized carbons (Fsp3) is 0.533. The first-order valence-electron chi connectivity index (χ1n) is 7.56. The maximum Gasteiger partial charge on any atom is 0.228 e. The standard InChI is InChI=1S/C15H23N5O2/c1-4-16-15(18-10-12-6-5-9-21-12)17-8-7-13-19-14(11(2)3)20-22-13/h5-6,9,11H,4,7-8,10H2,1-3H3,(H2,16,17,18). The van der Waals surface area contributed by atoms with Gasteiger partial charge in [0.2, 0.25) is 5.89 Å². The summed E-state index contributed by atoms with van der Waals surface area (Å²) in [5, 5.41) is 10.4. The van der Waals surface area contributed by atoms with Gasteiger partial charge in [0.05, 0.1) is 6.26 Å². The number of guanidine groups is 1. The van der Waals surface area contributed by atoms with E-state index in [-0.39, 0.29) is 5.92 Å². The van der Waals surface area contributed by atoms with Crippen LogP contribution in [-0.4, -0.2) is 29.2 Å². The number of hydrogen-bond donors (Lipinski definition) is 2. The minimum absolute atomic E-state index is 0.276. The Morgan fingerprint density at radius 3 is 2.86 bits per heavy atom. The highest BCUT2D eigenvalue weighted by Gasteiger charge is 2.09. The van der Waals surface area contributed by atoms with Gasteiger partial charge in [0.25, 0.3) is 0 Å². The van der Waals surface area contributed by atoms with E-state index in [0.717, 1.165) is 24.1 Å². The summed E-state index contributed by atoms with van der Waals surface area (Å²) < 4.78 is 10.5. The van der Waals surface area contributed by atoms with E-state index in [2.05, 4.69) is 25.8 Å². The van der Waals surface area contributed by atoms with Gasteiger partial charge < -0.3 is 19.6 Å². The molecule has 0 saturated carbocycles. The number of hydrogen-bond acceptors (Lipinski definition) is 5. The summed E-state index contributed by atoms with van der Waals surface area (Å²) >= 11 is 0. The normalized spacial score (nSPS) is 11.9. The van der Waals surface area contributed by atoms with Crippen LogP contribution in [0, 0.1) is 0 Å². The third-order valence-corrected chi connectivity index (χ3v) is 2.95. The molecule has 2 aromatic rings. The second-order valence-electron chi connectivity index (χ2n) is 5.15. The van der Waals surface area contributed by atoms with Crippen LogP contribution in [0.1, 0.15) is 44.2 Å². The minimum Gasteiger partial charge on any atom is -0.467 e. The fourth-order valence-electron chi connectivity index (χ4n) is 1.79. The second-order valence-corrected chi connectivity index (χ2v) is 5.15. The average molecular weight is 305 g/mol. The number of nitrogens with zero attached hydrogens (tertiary/aromatic N) is 3. The molecule has 2 rings (SSSR count). The second kappa shape index (κ2) is 8.21. The van der Waals surface area contributed by atoms with Crippen molar-refractivity contribution in [3.8, 4) is 0 Å². The largest absolute Gasteiger partial charge is 0.467 e. The van der Waals surface area contributed by atoms with Crippen LogP contribution in [0.2, 0.25) is 0 Å². The summed E-state index contributed by atoms with van der Waals surface area (Å²) in [5.41, 5.74) is 0. The van der Waals surface area contributed by atoms with Crippen LogP contribution in [-0.2, 0) is 13.0 Å². The highest BCUT2D eigenvalue weighted by atomic mass is 16.5. The topological polar surface area (TPSA) is 88.5 Å². The maximum absolute atomic E-state index is 5.27. The molecule has 0 bridgehead atoms. The smallest absolute Gasteiger partial charge is 0.228 e. The summed E-state index contributed by atoms with van der Waals surface area (Å²) in [7, 11) is 0. The molecule has 0 spiro atoms. The monoisotopic (exact) mass is 305 g/mol. The van der Waals surface area contributed by atoms with Gasteiger partial charge in [-0.25, -0.2) is 4.99 Å². The molecule has 0 unspecified atom stereocenters. The van der Waals surface area contributed by atoms with Crippen LogP contribution < -0.4 is 10.6 Å². The molecule has 0 aliphatic heterocycles. The minimum atomic E-state index is 0.276. The Hall–Kier alpha value is -2.31. The summed E-state index contributed by atoms with van der Waals surface area (Å²) in [6.07, 6.45) is 2.30. The van der Waals surface area contributed by atoms with E-state index in [1.54, 1.807) is 6.26 Å². The molecule has 22 heavy (non-hydrogen) atoms. The van der Waals surface area contributed by atoms with Gasteiger partial charge >= 0.3 is 0 Å². The van der Waals surface area contributed by atoms with Crippen molar-refractivity contribution in [3.63, 3.8) is 0 Å². The van der Waals surface area contributed by atoms with E-state index in [9.17, 15) is 0 Å². The zero-order chi connectivity index (χ0) is 15.8. The average Bonchev–Trinajstić information content (AvgIpc) is 3.16. The summed E-state index contributed by atoms with van der Waals surface area (Å²) in [5.74, 6) is 3.22. The Bertz CT molecular complexity index is 575. The van der Waals surface area contributed by atoms with E-state index in [1.807, 2.05) is 32.9 Å². The SMILES string of the molecule is CCNC(=NCc1ccco1)NCCc1nc(C(C)C)no1. The summed E-state index contributed by atoms with van der Waals surface area (Å²) in [6, 6.07) is 3.76. The van der Waals surface area contributed by atoms with E-state index in [1.165, 1.54) is 0 Å². The Balaban J connectivity index is 1.81. The zero-order valence-corrected chi connectivity index (χ0v) is 13.3. The molecule has 0 amide bonds. The Morgan fingerprint density at radius 2 is 2.23 bits per heavy atom. The molecule has 2 N–H and O–H groups in total. The van der Waals surface area contributed by atoms with Crippen molar-refractivity contribution in [2.24, 2.45) is 4.99 Å². The van der Waals surface area contributed by atoms with E-state index in [4.69, 9.17) is 8.94 Å². The molecule has 0 saturated heterocycles. The third-order valence-electron chi connectivity index (χ3n) is 2.95. The van der Waals surface area contributed by atoms with Gasteiger partial charge in [-0.1, -0.05) is 19.0 Å². The third kappa shape index (κ3) is 4.91. The van der Waals surface area contributed by atoms with Crippen molar-refractivity contribution in [2.45, 2.75) is 39.7 Å². The predicted octanol–water partition coefficient (Wildman–Crippen LogP) is 2.08. The van der Waals surface area contributed by atoms with Gasteiger partial charge in [0.1, 0.15) is 12.3 Å². The highest BCUT2D eigenvalue weighted by Crippen LogP contribution is 2.09. The molecule has 0 radical (unpaired) electrons. The van der Waals surface area contributed by atoms with Crippen molar-refractivity contribution in [1.82, 2.24) is 20.8 Å². The number of aromatic nitrogens is 2. The molecule has 0 aromatic carbocycles. The van der Waals surface area contributed by atoms with E-state index < -0.39 is 0 Å². The van der Waals surface area contributed by atoms with Crippen LogP contribution in [0.5, 0.6) is 0 Å². The predicted molar refractivity (Wildman–Crippen MR) is 83.6 cm³/mol. The molecule has 120 valence electrons. The van der Waals surface area contributed by atoms with Crippen LogP contribution in [0.15, 0.2) is 32.3 Å². The van der Waals surface area contributed by atoms with Crippen LogP contribution in [0.4, 0.5) is 0 Å². The molecule has 2 aromatic heterocycles. The lowest BCUT2D eigenvalue weighted by molar-refractivity contribution is 0.371. The quantitative estimate of drug-likeness (QED) is 0.601. The maximum atomic E-state index is 5.27. The first-order valence-corrected chi connectivity index (χ1v) is 7.56. The zero-order valence-electron chi connectivity index (χ0n) is 13.3. The summed E-state index contributed by atoms with van der Waals surface area (Å²) in [6.45, 7) is 8.07. The Kier molecular flexibility index (Phi) is 6.00. The molecule has 0 fully saturated rings. The lowest BCUT2D eigenvalue weighted by Crippen LogP contribution is -2.38. The van der Waals surface area contributed by atoms with Crippen molar-refractivity contribution in [3.05, 3.63) is 35.9 Å². The summed E-state index contributed by atoms with van der Waals surface area (Å²) in [4.78, 5) is 8.80. The Morgan fingerprint density at radius 1 is 1.36 bits per heavy atom. The molecule has 0 atom stereocenters. The number of furan rings is 1. The first kappa shape index (κ1) is 16.1. The molecular formula is C15H23N5O2. The van der Waals surface area contributed by atoms with Gasteiger partial charge in [0, 0.05) is 25.4 Å². The van der Waals surface area contributed by atoms with Gasteiger partial charge in [-0.05, 0) is 19.1 Å². The van der Waals surface area contributed by atoms with Crippen LogP contribution in [0.25, 0.3) is 0 Å². The molecule has 7 heteroatoms. The van der Waals surface area contributed by atoms with Crippen molar-refractivity contribution in [2.75, 3.05) is 13.1 Å². The highest BCUT2D eigenvalue weighted by molar-refractivity contribution is 5.79. The lowest BCUT2D eigenvalue weighted by Gasteiger charge is -2.09. The van der Waals surface area contributed by atoms with Crippen molar-refractivity contribution in [1.29, 1.82) is 0 Å². The van der Waals surface area contributed by atoms with E-state index >= 15 is 0 Å². The van der Waals surface area contributed by atoms with Crippen LogP contribution in [0.3, 0.4) is 0 Å². The lowest BCUT2D eigenvalue weighted by atomic mass is 10.2. The van der Waals surface area contributed by atoms with Gasteiger partial charge in [-0.3, -0.25) is 0 Å². The molecule has 7 nitrogen and oxygen atoms in total.